The zero-order valence-electron chi connectivity index (χ0n) is 10.8. The van der Waals surface area contributed by atoms with Crippen LogP contribution in [0.1, 0.15) is 29.4 Å². The highest BCUT2D eigenvalue weighted by molar-refractivity contribution is 5.89. The number of carbonyl (C=O) groups excluding carboxylic acids is 1. The molecule has 0 unspecified atom stereocenters. The summed E-state index contributed by atoms with van der Waals surface area (Å²) in [6, 6.07) is 0. The van der Waals surface area contributed by atoms with Crippen LogP contribution in [-0.2, 0) is 6.54 Å². The minimum atomic E-state index is -1.07. The Labute approximate surface area is 110 Å². The van der Waals surface area contributed by atoms with Gasteiger partial charge in [-0.25, -0.2) is 0 Å². The third-order valence-electron chi connectivity index (χ3n) is 3.19. The van der Waals surface area contributed by atoms with E-state index in [1.165, 1.54) is 7.05 Å². The number of aromatic nitrogens is 2. The lowest BCUT2D eigenvalue weighted by Gasteiger charge is -2.37. The first-order chi connectivity index (χ1) is 9.06. The molecule has 0 aromatic carbocycles. The predicted molar refractivity (Wildman–Crippen MR) is 64.2 cm³/mol. The van der Waals surface area contributed by atoms with Crippen LogP contribution in [0.15, 0.2) is 4.52 Å². The van der Waals surface area contributed by atoms with Gasteiger partial charge in [-0.1, -0.05) is 5.16 Å². The van der Waals surface area contributed by atoms with Gasteiger partial charge in [0.25, 0.3) is 11.7 Å². The Bertz CT molecular complexity index is 450. The van der Waals surface area contributed by atoms with Gasteiger partial charge in [0.1, 0.15) is 5.60 Å². The van der Waals surface area contributed by atoms with Crippen molar-refractivity contribution < 1.29 is 19.5 Å². The Morgan fingerprint density at radius 2 is 2.42 bits per heavy atom. The number of likely N-dealkylation sites (tertiary alicyclic amines) is 1. The Morgan fingerprint density at radius 1 is 1.63 bits per heavy atom. The van der Waals surface area contributed by atoms with Crippen molar-refractivity contribution in [2.75, 3.05) is 26.7 Å². The number of aliphatic hydroxyl groups is 2. The van der Waals surface area contributed by atoms with Crippen LogP contribution in [-0.4, -0.2) is 63.5 Å². The van der Waals surface area contributed by atoms with Crippen molar-refractivity contribution in [1.29, 1.82) is 0 Å². The van der Waals surface area contributed by atoms with E-state index in [0.29, 0.717) is 25.4 Å². The van der Waals surface area contributed by atoms with Crippen molar-refractivity contribution in [1.82, 2.24) is 20.4 Å². The molecule has 1 aliphatic heterocycles. The predicted octanol–water partition coefficient (Wildman–Crippen LogP) is -1.25. The van der Waals surface area contributed by atoms with Crippen LogP contribution in [0, 0.1) is 0 Å². The number of β-amino-alcohol motifs (C(OH)–C–C–N with tert-alkyl or cyclic N) is 1. The monoisotopic (exact) mass is 270 g/mol. The molecule has 1 amide bonds. The Morgan fingerprint density at radius 3 is 3.11 bits per heavy atom. The summed E-state index contributed by atoms with van der Waals surface area (Å²) in [5.74, 6) is -0.0896. The van der Waals surface area contributed by atoms with Crippen LogP contribution >= 0.6 is 0 Å². The zero-order valence-corrected chi connectivity index (χ0v) is 10.8. The fourth-order valence-electron chi connectivity index (χ4n) is 2.18. The van der Waals surface area contributed by atoms with E-state index >= 15 is 0 Å². The van der Waals surface area contributed by atoms with E-state index in [1.54, 1.807) is 0 Å². The number of amides is 1. The molecule has 3 N–H and O–H groups in total. The molecule has 2 rings (SSSR count). The van der Waals surface area contributed by atoms with Crippen molar-refractivity contribution in [3.05, 3.63) is 11.7 Å². The highest BCUT2D eigenvalue weighted by Crippen LogP contribution is 2.21. The van der Waals surface area contributed by atoms with Crippen molar-refractivity contribution in [3.8, 4) is 0 Å². The Hall–Kier alpha value is -1.51. The molecule has 0 bridgehead atoms. The minimum absolute atomic E-state index is 0.00747. The lowest BCUT2D eigenvalue weighted by Crippen LogP contribution is -2.50. The number of hydrogen-bond acceptors (Lipinski definition) is 7. The SMILES string of the molecule is CNC(=O)c1noc(CN2CCC[C@@](O)(CO)C2)n1. The van der Waals surface area contributed by atoms with Crippen molar-refractivity contribution in [2.45, 2.75) is 25.0 Å². The quantitative estimate of drug-likeness (QED) is 0.626. The third kappa shape index (κ3) is 3.28. The fourth-order valence-corrected chi connectivity index (χ4v) is 2.18. The van der Waals surface area contributed by atoms with E-state index < -0.39 is 11.5 Å². The van der Waals surface area contributed by atoms with E-state index in [1.807, 2.05) is 4.90 Å². The summed E-state index contributed by atoms with van der Waals surface area (Å²) in [5.41, 5.74) is -1.07. The van der Waals surface area contributed by atoms with Crippen molar-refractivity contribution >= 4 is 5.91 Å². The average Bonchev–Trinajstić information content (AvgIpc) is 2.86. The molecule has 1 atom stereocenters. The fraction of sp³-hybridized carbons (Fsp3) is 0.727. The van der Waals surface area contributed by atoms with Gasteiger partial charge < -0.3 is 20.1 Å². The van der Waals surface area contributed by atoms with Crippen molar-refractivity contribution in [2.24, 2.45) is 0 Å². The molecule has 106 valence electrons. The summed E-state index contributed by atoms with van der Waals surface area (Å²) in [7, 11) is 1.49. The summed E-state index contributed by atoms with van der Waals surface area (Å²) >= 11 is 0. The maximum atomic E-state index is 11.3. The summed E-state index contributed by atoms with van der Waals surface area (Å²) in [6.07, 6.45) is 1.36. The topological polar surface area (TPSA) is 112 Å². The summed E-state index contributed by atoms with van der Waals surface area (Å²) in [4.78, 5) is 17.2. The first-order valence-corrected chi connectivity index (χ1v) is 6.16. The van der Waals surface area contributed by atoms with E-state index in [9.17, 15) is 9.90 Å². The number of carbonyl (C=O) groups is 1. The molecule has 8 nitrogen and oxygen atoms in total. The molecule has 2 heterocycles. The van der Waals surface area contributed by atoms with Crippen LogP contribution in [0.4, 0.5) is 0 Å². The maximum Gasteiger partial charge on any atom is 0.292 e. The van der Waals surface area contributed by atoms with Gasteiger partial charge in [0, 0.05) is 13.6 Å². The summed E-state index contributed by atoms with van der Waals surface area (Å²) in [6.45, 7) is 1.21. The molecule has 1 aromatic rings. The minimum Gasteiger partial charge on any atom is -0.393 e. The number of hydrogen-bond donors (Lipinski definition) is 3. The number of rotatable bonds is 4. The van der Waals surface area contributed by atoms with Gasteiger partial charge in [0.2, 0.25) is 5.89 Å². The number of nitrogens with zero attached hydrogens (tertiary/aromatic N) is 3. The molecule has 0 spiro atoms. The molecule has 1 aliphatic rings. The van der Waals surface area contributed by atoms with Gasteiger partial charge in [-0.05, 0) is 19.4 Å². The Kier molecular flexibility index (Phi) is 4.13. The lowest BCUT2D eigenvalue weighted by molar-refractivity contribution is -0.0702. The molecular weight excluding hydrogens is 252 g/mol. The molecule has 1 fully saturated rings. The molecule has 0 saturated carbocycles. The van der Waals surface area contributed by atoms with Gasteiger partial charge >= 0.3 is 0 Å². The Balaban J connectivity index is 1.97. The molecule has 0 aliphatic carbocycles. The number of piperidine rings is 1. The van der Waals surface area contributed by atoms with Crippen LogP contribution in [0.25, 0.3) is 0 Å². The first kappa shape index (κ1) is 13.9. The molecule has 8 heteroatoms. The molecule has 19 heavy (non-hydrogen) atoms. The van der Waals surface area contributed by atoms with E-state index in [4.69, 9.17) is 9.63 Å². The van der Waals surface area contributed by atoms with Gasteiger partial charge in [-0.3, -0.25) is 9.69 Å². The van der Waals surface area contributed by atoms with Gasteiger partial charge in [-0.15, -0.1) is 0 Å². The average molecular weight is 270 g/mol. The first-order valence-electron chi connectivity index (χ1n) is 6.16. The normalized spacial score (nSPS) is 24.4. The highest BCUT2D eigenvalue weighted by Gasteiger charge is 2.33. The summed E-state index contributed by atoms with van der Waals surface area (Å²) < 4.78 is 4.98. The van der Waals surface area contributed by atoms with Crippen LogP contribution in [0.3, 0.4) is 0 Å². The summed E-state index contributed by atoms with van der Waals surface area (Å²) in [5, 5.41) is 25.2. The number of nitrogens with one attached hydrogen (secondary N) is 1. The second-order valence-corrected chi connectivity index (χ2v) is 4.79. The standard InChI is InChI=1S/C11H18N4O4/c1-12-10(17)9-13-8(19-14-9)5-15-4-2-3-11(18,6-15)7-16/h16,18H,2-7H2,1H3,(H,12,17)/t11-/m0/s1. The van der Waals surface area contributed by atoms with Crippen LogP contribution in [0.5, 0.6) is 0 Å². The maximum absolute atomic E-state index is 11.3. The van der Waals surface area contributed by atoms with Gasteiger partial charge in [-0.2, -0.15) is 4.98 Å². The molecular formula is C11H18N4O4. The highest BCUT2D eigenvalue weighted by atomic mass is 16.5. The third-order valence-corrected chi connectivity index (χ3v) is 3.19. The van der Waals surface area contributed by atoms with Crippen LogP contribution < -0.4 is 5.32 Å². The smallest absolute Gasteiger partial charge is 0.292 e. The van der Waals surface area contributed by atoms with E-state index in [2.05, 4.69) is 15.5 Å². The van der Waals surface area contributed by atoms with E-state index in [-0.39, 0.29) is 12.4 Å². The second-order valence-electron chi connectivity index (χ2n) is 4.79. The molecule has 0 radical (unpaired) electrons. The second kappa shape index (κ2) is 5.64. The van der Waals surface area contributed by atoms with E-state index in [0.717, 1.165) is 13.0 Å². The molecule has 1 aromatic heterocycles. The largest absolute Gasteiger partial charge is 0.393 e. The molecule has 1 saturated heterocycles. The van der Waals surface area contributed by atoms with Gasteiger partial charge in [0.15, 0.2) is 0 Å². The number of aliphatic hydroxyl groups excluding tert-OH is 1. The van der Waals surface area contributed by atoms with Gasteiger partial charge in [0.05, 0.1) is 13.2 Å². The lowest BCUT2D eigenvalue weighted by atomic mass is 9.94. The van der Waals surface area contributed by atoms with Crippen molar-refractivity contribution in [3.63, 3.8) is 0 Å². The zero-order chi connectivity index (χ0) is 13.9. The van der Waals surface area contributed by atoms with Crippen LogP contribution in [0.2, 0.25) is 0 Å².